The van der Waals surface area contributed by atoms with Crippen molar-refractivity contribution < 1.29 is 38.7 Å². The molecule has 0 unspecified atom stereocenters. The van der Waals surface area contributed by atoms with Gasteiger partial charge in [-0.05, 0) is 103 Å². The molecule has 0 saturated heterocycles. The number of nitrogens with two attached hydrogens (primary N) is 6. The molecule has 22 heteroatoms. The van der Waals surface area contributed by atoms with Crippen molar-refractivity contribution in [2.24, 2.45) is 44.4 Å². The Morgan fingerprint density at radius 2 is 0.697 bits per heavy atom. The predicted molar refractivity (Wildman–Crippen MR) is 304 cm³/mol. The average Bonchev–Trinajstić information content (AvgIpc) is 3.38. The number of carboxylic acids is 1. The number of aliphatic carboxylic acids is 1. The minimum Gasteiger partial charge on any atom is -0.480 e. The van der Waals surface area contributed by atoms with E-state index in [2.05, 4.69) is 41.9 Å². The molecule has 0 aromatic carbocycles. The second-order valence-corrected chi connectivity index (χ2v) is 20.1. The molecule has 0 aromatic heterocycles. The maximum Gasteiger partial charge on any atom is 0.326 e. The maximum absolute atomic E-state index is 13.0. The third-order valence-corrected chi connectivity index (χ3v) is 13.0. The predicted octanol–water partition coefficient (Wildman–Crippen LogP) is 3.99. The number of amides is 6. The van der Waals surface area contributed by atoms with Gasteiger partial charge in [0.05, 0.1) is 6.04 Å². The number of carboxylic acid groups (broad SMARTS) is 1. The molecular formula is C54H106N14O8. The van der Waals surface area contributed by atoms with Gasteiger partial charge in [0.25, 0.3) is 0 Å². The summed E-state index contributed by atoms with van der Waals surface area (Å²) < 4.78 is 0. The number of hydrogen-bond donors (Lipinski definition) is 13. The molecule has 0 aliphatic heterocycles. The molecule has 0 fully saturated rings. The van der Waals surface area contributed by atoms with Crippen molar-refractivity contribution in [1.82, 2.24) is 31.9 Å². The Hall–Kier alpha value is -5.25. The van der Waals surface area contributed by atoms with Gasteiger partial charge in [0.15, 0.2) is 11.9 Å². The smallest absolute Gasteiger partial charge is 0.326 e. The van der Waals surface area contributed by atoms with Crippen LogP contribution in [0, 0.1) is 0 Å². The number of rotatable bonds is 53. The van der Waals surface area contributed by atoms with Crippen molar-refractivity contribution >= 4 is 53.3 Å². The lowest BCUT2D eigenvalue weighted by Gasteiger charge is -2.18. The standard InChI is InChI=1S/C54H106N14O8/c55-36-22-21-30-44(67-48(71)34-17-11-7-3-1-5-9-13-23-37-61-46(69)32-19-15-25-39-63-50(73)43(56)29-27-41-65-53(57)58)51(74)64-40-26-16-20-33-47(70)62-38-24-14-10-6-2-4-8-12-18-35-49(72)68-45(52(75)76)31-28-42-66-54(59)60/h43-45H,1-42,55-56H2,(H,61,69)(H,62,70)(H,63,73)(H,64,74)(H,67,71)(H,68,72)(H,75,76)(H4,57,58,65)(H4,59,60,66)/t43-,44-,45-/m0/s1. The molecule has 22 nitrogen and oxygen atoms in total. The van der Waals surface area contributed by atoms with E-state index in [1.165, 1.54) is 0 Å². The van der Waals surface area contributed by atoms with Crippen LogP contribution in [0.3, 0.4) is 0 Å². The van der Waals surface area contributed by atoms with E-state index in [1.54, 1.807) is 0 Å². The van der Waals surface area contributed by atoms with Crippen molar-refractivity contribution in [2.75, 3.05) is 45.8 Å². The van der Waals surface area contributed by atoms with Crippen LogP contribution in [0.25, 0.3) is 0 Å². The van der Waals surface area contributed by atoms with Crippen LogP contribution in [0.2, 0.25) is 0 Å². The van der Waals surface area contributed by atoms with Gasteiger partial charge in [-0.25, -0.2) is 4.79 Å². The summed E-state index contributed by atoms with van der Waals surface area (Å²) in [5.41, 5.74) is 32.7. The van der Waals surface area contributed by atoms with Crippen LogP contribution in [-0.4, -0.2) is 122 Å². The van der Waals surface area contributed by atoms with Crippen LogP contribution in [0.15, 0.2) is 9.98 Å². The van der Waals surface area contributed by atoms with E-state index >= 15 is 0 Å². The lowest BCUT2D eigenvalue weighted by atomic mass is 10.1. The van der Waals surface area contributed by atoms with Crippen molar-refractivity contribution in [3.8, 4) is 0 Å². The van der Waals surface area contributed by atoms with E-state index in [1.807, 2.05) is 0 Å². The Morgan fingerprint density at radius 1 is 0.368 bits per heavy atom. The Balaban J connectivity index is 3.88. The van der Waals surface area contributed by atoms with Gasteiger partial charge in [-0.3, -0.25) is 38.8 Å². The highest BCUT2D eigenvalue weighted by Crippen LogP contribution is 2.13. The zero-order chi connectivity index (χ0) is 56.3. The lowest BCUT2D eigenvalue weighted by molar-refractivity contribution is -0.142. The SMILES string of the molecule is NCCCC[C@H](NC(=O)CCCCCCCCCCCNC(=O)CCCCCNC(=O)[C@@H](N)CCCN=C(N)N)C(=O)NCCCCCC(=O)NCCCCCCCCCCCC(=O)N[C@@H](CCCN=C(N)N)C(=O)O. The van der Waals surface area contributed by atoms with Crippen LogP contribution in [0.4, 0.5) is 0 Å². The monoisotopic (exact) mass is 1080 g/mol. The van der Waals surface area contributed by atoms with Crippen molar-refractivity contribution in [2.45, 2.75) is 243 Å². The van der Waals surface area contributed by atoms with Crippen LogP contribution >= 0.6 is 0 Å². The molecule has 0 aliphatic carbocycles. The van der Waals surface area contributed by atoms with Gasteiger partial charge in [-0.1, -0.05) is 103 Å². The fourth-order valence-corrected chi connectivity index (χ4v) is 8.49. The van der Waals surface area contributed by atoms with E-state index in [0.29, 0.717) is 97.2 Å². The van der Waals surface area contributed by atoms with Crippen LogP contribution in [-0.2, 0) is 33.6 Å². The molecule has 0 saturated carbocycles. The number of carbonyl (C=O) groups excluding carboxylic acids is 6. The minimum absolute atomic E-state index is 0.0268. The fraction of sp³-hybridized carbons (Fsp3) is 0.833. The summed E-state index contributed by atoms with van der Waals surface area (Å²) >= 11 is 0. The quantitative estimate of drug-likeness (QED) is 0.0233. The summed E-state index contributed by atoms with van der Waals surface area (Å²) in [6.07, 6.45) is 28.8. The molecule has 440 valence electrons. The van der Waals surface area contributed by atoms with E-state index in [0.717, 1.165) is 167 Å². The van der Waals surface area contributed by atoms with Crippen molar-refractivity contribution in [3.05, 3.63) is 0 Å². The average molecular weight is 1080 g/mol. The maximum atomic E-state index is 13.0. The normalized spacial score (nSPS) is 12.1. The second kappa shape index (κ2) is 50.6. The molecule has 76 heavy (non-hydrogen) atoms. The van der Waals surface area contributed by atoms with E-state index < -0.39 is 24.1 Å². The largest absolute Gasteiger partial charge is 0.480 e. The van der Waals surface area contributed by atoms with Gasteiger partial charge < -0.3 is 71.4 Å². The number of aliphatic imine (C=N–C) groups is 2. The fourth-order valence-electron chi connectivity index (χ4n) is 8.49. The number of unbranched alkanes of at least 4 members (excludes halogenated alkanes) is 21. The summed E-state index contributed by atoms with van der Waals surface area (Å²) in [5, 5.41) is 26.8. The highest BCUT2D eigenvalue weighted by atomic mass is 16.4. The summed E-state index contributed by atoms with van der Waals surface area (Å²) in [6, 6.07) is -2.11. The molecule has 0 spiro atoms. The van der Waals surface area contributed by atoms with Crippen LogP contribution in [0.1, 0.15) is 225 Å². The molecule has 0 aromatic rings. The molecule has 19 N–H and O–H groups in total. The first-order valence-corrected chi connectivity index (χ1v) is 29.1. The highest BCUT2D eigenvalue weighted by Gasteiger charge is 2.21. The molecule has 0 rings (SSSR count). The number of nitrogens with zero attached hydrogens (tertiary/aromatic N) is 2. The first kappa shape index (κ1) is 70.8. The first-order chi connectivity index (χ1) is 36.7. The van der Waals surface area contributed by atoms with Gasteiger partial charge in [0.1, 0.15) is 12.1 Å². The third-order valence-electron chi connectivity index (χ3n) is 13.0. The lowest BCUT2D eigenvalue weighted by Crippen LogP contribution is -2.47. The van der Waals surface area contributed by atoms with Gasteiger partial charge in [0.2, 0.25) is 35.4 Å². The molecule has 0 bridgehead atoms. The summed E-state index contributed by atoms with van der Waals surface area (Å²) in [6.45, 7) is 3.68. The van der Waals surface area contributed by atoms with Gasteiger partial charge >= 0.3 is 5.97 Å². The van der Waals surface area contributed by atoms with Crippen molar-refractivity contribution in [1.29, 1.82) is 0 Å². The Labute approximate surface area is 455 Å². The van der Waals surface area contributed by atoms with Gasteiger partial charge in [0, 0.05) is 65.0 Å². The number of guanidine groups is 2. The van der Waals surface area contributed by atoms with Gasteiger partial charge in [-0.2, -0.15) is 0 Å². The molecule has 0 aliphatic rings. The molecule has 3 atom stereocenters. The molecule has 0 heterocycles. The zero-order valence-corrected chi connectivity index (χ0v) is 46.6. The summed E-state index contributed by atoms with van der Waals surface area (Å²) in [5.74, 6) is -1.68. The van der Waals surface area contributed by atoms with E-state index in [4.69, 9.17) is 34.4 Å². The van der Waals surface area contributed by atoms with E-state index in [9.17, 15) is 38.7 Å². The third kappa shape index (κ3) is 47.2. The first-order valence-electron chi connectivity index (χ1n) is 29.1. The minimum atomic E-state index is -1.06. The molecule has 6 amide bonds. The Morgan fingerprint density at radius 3 is 1.11 bits per heavy atom. The van der Waals surface area contributed by atoms with Crippen LogP contribution in [0.5, 0.6) is 0 Å². The number of carbonyl (C=O) groups is 7. The van der Waals surface area contributed by atoms with Crippen LogP contribution < -0.4 is 66.3 Å². The Kier molecular flexibility index (Phi) is 47.1. The number of hydrogen-bond acceptors (Lipinski definition) is 11. The second-order valence-electron chi connectivity index (χ2n) is 20.1. The summed E-state index contributed by atoms with van der Waals surface area (Å²) in [4.78, 5) is 93.8. The zero-order valence-electron chi connectivity index (χ0n) is 46.6. The number of nitrogens with one attached hydrogen (secondary N) is 6. The molecular weight excluding hydrogens is 973 g/mol. The van der Waals surface area contributed by atoms with E-state index in [-0.39, 0.29) is 53.8 Å². The summed E-state index contributed by atoms with van der Waals surface area (Å²) in [7, 11) is 0. The van der Waals surface area contributed by atoms with Crippen molar-refractivity contribution in [3.63, 3.8) is 0 Å². The topological polar surface area (TPSA) is 393 Å². The highest BCUT2D eigenvalue weighted by molar-refractivity contribution is 5.87. The molecule has 0 radical (unpaired) electrons. The Bertz CT molecular complexity index is 1610. The van der Waals surface area contributed by atoms with Gasteiger partial charge in [-0.15, -0.1) is 0 Å².